The van der Waals surface area contributed by atoms with E-state index in [-0.39, 0.29) is 11.4 Å². The molecule has 23 heavy (non-hydrogen) atoms. The molecule has 0 radical (unpaired) electrons. The lowest BCUT2D eigenvalue weighted by molar-refractivity contribution is -0.122. The molecule has 0 spiro atoms. The summed E-state index contributed by atoms with van der Waals surface area (Å²) in [5.74, 6) is -0.629. The predicted octanol–water partition coefficient (Wildman–Crippen LogP) is 1.60. The number of carbonyl (C=O) groups excluding carboxylic acids is 1. The van der Waals surface area contributed by atoms with Crippen LogP contribution in [0.15, 0.2) is 53.4 Å². The van der Waals surface area contributed by atoms with Crippen LogP contribution in [-0.2, 0) is 27.8 Å². The van der Waals surface area contributed by atoms with Crippen LogP contribution in [0.5, 0.6) is 0 Å². The molecule has 0 bridgehead atoms. The van der Waals surface area contributed by atoms with Crippen LogP contribution in [0, 0.1) is 6.92 Å². The van der Waals surface area contributed by atoms with E-state index in [1.165, 1.54) is 4.31 Å². The summed E-state index contributed by atoms with van der Waals surface area (Å²) in [4.78, 5) is 12.0. The fraction of sp³-hybridized carbons (Fsp3) is 0.235. The van der Waals surface area contributed by atoms with E-state index in [0.717, 1.165) is 16.7 Å². The molecule has 2 aromatic carbocycles. The van der Waals surface area contributed by atoms with Crippen molar-refractivity contribution in [3.8, 4) is 0 Å². The Morgan fingerprint density at radius 2 is 1.70 bits per heavy atom. The average molecular weight is 330 g/mol. The zero-order valence-corrected chi connectivity index (χ0v) is 13.6. The molecule has 1 aliphatic heterocycles. The molecule has 1 aliphatic rings. The van der Waals surface area contributed by atoms with Crippen molar-refractivity contribution in [2.75, 3.05) is 0 Å². The van der Waals surface area contributed by atoms with Crippen LogP contribution in [0.1, 0.15) is 16.7 Å². The molecule has 1 heterocycles. The highest BCUT2D eigenvalue weighted by Crippen LogP contribution is 2.29. The number of primary amides is 1. The first-order valence-electron chi connectivity index (χ1n) is 7.34. The van der Waals surface area contributed by atoms with Gasteiger partial charge in [-0.05, 0) is 36.6 Å². The molecule has 1 amide bonds. The molecule has 0 fully saturated rings. The summed E-state index contributed by atoms with van der Waals surface area (Å²) >= 11 is 0. The van der Waals surface area contributed by atoms with Crippen molar-refractivity contribution in [1.82, 2.24) is 4.31 Å². The Labute approximate surface area is 135 Å². The van der Waals surface area contributed by atoms with Gasteiger partial charge in [0.2, 0.25) is 15.9 Å². The van der Waals surface area contributed by atoms with Crippen LogP contribution in [0.2, 0.25) is 0 Å². The van der Waals surface area contributed by atoms with Crippen LogP contribution in [0.25, 0.3) is 0 Å². The summed E-state index contributed by atoms with van der Waals surface area (Å²) in [7, 11) is -3.78. The van der Waals surface area contributed by atoms with Gasteiger partial charge in [0.1, 0.15) is 6.04 Å². The Morgan fingerprint density at radius 3 is 2.30 bits per heavy atom. The highest BCUT2D eigenvalue weighted by atomic mass is 32.2. The molecular weight excluding hydrogens is 312 g/mol. The van der Waals surface area contributed by atoms with E-state index in [2.05, 4.69) is 0 Å². The molecule has 0 saturated heterocycles. The van der Waals surface area contributed by atoms with Crippen molar-refractivity contribution < 1.29 is 13.2 Å². The molecule has 0 unspecified atom stereocenters. The third-order valence-electron chi connectivity index (χ3n) is 4.16. The molecule has 120 valence electrons. The van der Waals surface area contributed by atoms with Gasteiger partial charge in [0.25, 0.3) is 0 Å². The number of nitrogens with zero attached hydrogens (tertiary/aromatic N) is 1. The number of rotatable bonds is 3. The van der Waals surface area contributed by atoms with Crippen molar-refractivity contribution in [3.63, 3.8) is 0 Å². The minimum absolute atomic E-state index is 0.153. The number of fused-ring (bicyclic) bond motifs is 1. The lowest BCUT2D eigenvalue weighted by atomic mass is 9.96. The minimum Gasteiger partial charge on any atom is -0.368 e. The van der Waals surface area contributed by atoms with Crippen LogP contribution < -0.4 is 5.73 Å². The van der Waals surface area contributed by atoms with Gasteiger partial charge in [0, 0.05) is 6.54 Å². The fourth-order valence-electron chi connectivity index (χ4n) is 2.84. The summed E-state index contributed by atoms with van der Waals surface area (Å²) in [5.41, 5.74) is 8.31. The van der Waals surface area contributed by atoms with E-state index < -0.39 is 22.0 Å². The highest BCUT2D eigenvalue weighted by Gasteiger charge is 2.38. The maximum absolute atomic E-state index is 12.9. The first kappa shape index (κ1) is 15.7. The largest absolute Gasteiger partial charge is 0.368 e. The molecule has 0 aromatic heterocycles. The number of hydrogen-bond donors (Lipinski definition) is 1. The van der Waals surface area contributed by atoms with Gasteiger partial charge in [-0.15, -0.1) is 0 Å². The summed E-state index contributed by atoms with van der Waals surface area (Å²) in [6.45, 7) is 2.04. The van der Waals surface area contributed by atoms with E-state index >= 15 is 0 Å². The second kappa shape index (κ2) is 5.79. The molecule has 3 rings (SSSR count). The number of hydrogen-bond acceptors (Lipinski definition) is 3. The Bertz CT molecular complexity index is 844. The van der Waals surface area contributed by atoms with Gasteiger partial charge in [-0.25, -0.2) is 8.42 Å². The number of sulfonamides is 1. The standard InChI is InChI=1S/C17H18N2O3S/c1-12-6-8-15(9-7-12)23(21,22)19-11-14-5-3-2-4-13(14)10-16(19)17(18)20/h2-9,16H,10-11H2,1H3,(H2,18,20)/t16-/m0/s1. The molecule has 2 aromatic rings. The first-order chi connectivity index (χ1) is 10.9. The zero-order chi connectivity index (χ0) is 16.6. The van der Waals surface area contributed by atoms with Crippen molar-refractivity contribution in [1.29, 1.82) is 0 Å². The molecule has 0 aliphatic carbocycles. The van der Waals surface area contributed by atoms with Crippen LogP contribution in [-0.4, -0.2) is 24.7 Å². The lowest BCUT2D eigenvalue weighted by Gasteiger charge is -2.34. The van der Waals surface area contributed by atoms with Crippen molar-refractivity contribution in [3.05, 3.63) is 65.2 Å². The van der Waals surface area contributed by atoms with E-state index in [1.807, 2.05) is 31.2 Å². The van der Waals surface area contributed by atoms with Gasteiger partial charge in [-0.1, -0.05) is 42.0 Å². The third kappa shape index (κ3) is 2.87. The van der Waals surface area contributed by atoms with Gasteiger partial charge in [-0.2, -0.15) is 4.31 Å². The van der Waals surface area contributed by atoms with Crippen molar-refractivity contribution >= 4 is 15.9 Å². The van der Waals surface area contributed by atoms with Gasteiger partial charge in [-0.3, -0.25) is 4.79 Å². The molecule has 5 nitrogen and oxygen atoms in total. The molecule has 1 atom stereocenters. The lowest BCUT2D eigenvalue weighted by Crippen LogP contribution is -2.50. The molecular formula is C17H18N2O3S. The van der Waals surface area contributed by atoms with Crippen molar-refractivity contribution in [2.45, 2.75) is 30.8 Å². The Morgan fingerprint density at radius 1 is 1.09 bits per heavy atom. The smallest absolute Gasteiger partial charge is 0.244 e. The summed E-state index contributed by atoms with van der Waals surface area (Å²) in [6, 6.07) is 13.3. The number of carbonyl (C=O) groups is 1. The Balaban J connectivity index is 2.05. The van der Waals surface area contributed by atoms with Gasteiger partial charge in [0.05, 0.1) is 4.90 Å². The Hall–Kier alpha value is -2.18. The second-order valence-electron chi connectivity index (χ2n) is 5.75. The minimum atomic E-state index is -3.78. The number of nitrogens with two attached hydrogens (primary N) is 1. The summed E-state index contributed by atoms with van der Waals surface area (Å²) < 4.78 is 27.1. The van der Waals surface area contributed by atoms with Gasteiger partial charge in [0.15, 0.2) is 0 Å². The fourth-order valence-corrected chi connectivity index (χ4v) is 4.41. The second-order valence-corrected chi connectivity index (χ2v) is 7.64. The molecule has 6 heteroatoms. The maximum atomic E-state index is 12.9. The number of amides is 1. The van der Waals surface area contributed by atoms with Gasteiger partial charge >= 0.3 is 0 Å². The summed E-state index contributed by atoms with van der Waals surface area (Å²) in [6.07, 6.45) is 0.302. The van der Waals surface area contributed by atoms with E-state index in [0.29, 0.717) is 6.42 Å². The maximum Gasteiger partial charge on any atom is 0.244 e. The van der Waals surface area contributed by atoms with E-state index in [4.69, 9.17) is 5.73 Å². The highest BCUT2D eigenvalue weighted by molar-refractivity contribution is 7.89. The Kier molecular flexibility index (Phi) is 3.95. The predicted molar refractivity (Wildman–Crippen MR) is 87.0 cm³/mol. The number of aryl methyl sites for hydroxylation is 1. The normalized spacial score (nSPS) is 18.4. The number of benzene rings is 2. The van der Waals surface area contributed by atoms with E-state index in [9.17, 15) is 13.2 Å². The zero-order valence-electron chi connectivity index (χ0n) is 12.8. The van der Waals surface area contributed by atoms with Gasteiger partial charge < -0.3 is 5.73 Å². The monoisotopic (exact) mass is 330 g/mol. The molecule has 0 saturated carbocycles. The van der Waals surface area contributed by atoms with Crippen molar-refractivity contribution in [2.24, 2.45) is 5.73 Å². The van der Waals surface area contributed by atoms with E-state index in [1.54, 1.807) is 24.3 Å². The summed E-state index contributed by atoms with van der Waals surface area (Å²) in [5, 5.41) is 0. The average Bonchev–Trinajstić information content (AvgIpc) is 2.54. The topological polar surface area (TPSA) is 80.5 Å². The first-order valence-corrected chi connectivity index (χ1v) is 8.78. The third-order valence-corrected chi connectivity index (χ3v) is 6.03. The molecule has 2 N–H and O–H groups in total. The van der Waals surface area contributed by atoms with Crippen LogP contribution in [0.3, 0.4) is 0 Å². The van der Waals surface area contributed by atoms with Crippen LogP contribution in [0.4, 0.5) is 0 Å². The quantitative estimate of drug-likeness (QED) is 0.928. The van der Waals surface area contributed by atoms with Crippen LogP contribution >= 0.6 is 0 Å². The SMILES string of the molecule is Cc1ccc(S(=O)(=O)N2Cc3ccccc3C[C@H]2C(N)=O)cc1.